The highest BCUT2D eigenvalue weighted by Gasteiger charge is 2.22. The average molecular weight is 941 g/mol. The Morgan fingerprint density at radius 2 is 0.746 bits per heavy atom. The molecule has 2 N–H and O–H groups in total. The van der Waals surface area contributed by atoms with Crippen LogP contribution in [-0.2, 0) is 0 Å². The summed E-state index contributed by atoms with van der Waals surface area (Å²) in [6.07, 6.45) is 3.48. The summed E-state index contributed by atoms with van der Waals surface area (Å²) in [6.45, 7) is 0. The summed E-state index contributed by atoms with van der Waals surface area (Å²) in [5.74, 6) is 0. The Labute approximate surface area is 408 Å². The number of nitrogens with zero attached hydrogens (tertiary/aromatic N) is 4. The maximum absolute atomic E-state index is 11.5. The molecule has 13 aromatic rings. The van der Waals surface area contributed by atoms with Crippen molar-refractivity contribution in [3.8, 4) is 22.3 Å². The molecule has 0 amide bonds. The summed E-state index contributed by atoms with van der Waals surface area (Å²) in [6, 6.07) is 73.4. The van der Waals surface area contributed by atoms with E-state index in [1.807, 2.05) is 18.3 Å². The van der Waals surface area contributed by atoms with Gasteiger partial charge in [-0.1, -0.05) is 176 Å². The second-order valence-corrected chi connectivity index (χ2v) is 18.9. The third kappa shape index (κ3) is 8.39. The molecule has 10 nitrogen and oxygen atoms in total. The normalized spacial score (nSPS) is 11.2. The van der Waals surface area contributed by atoms with Crippen molar-refractivity contribution in [2.75, 3.05) is 0 Å². The number of nitro benzene ring substituents is 2. The zero-order valence-corrected chi connectivity index (χ0v) is 38.8. The van der Waals surface area contributed by atoms with Gasteiger partial charge in [-0.25, -0.2) is 0 Å². The van der Waals surface area contributed by atoms with Crippen LogP contribution in [0.2, 0.25) is 0 Å². The molecule has 13 rings (SSSR count). The van der Waals surface area contributed by atoms with Gasteiger partial charge in [-0.2, -0.15) is 0 Å². The molecule has 0 aliphatic carbocycles. The molecule has 0 saturated carbocycles. The molecule has 0 saturated heterocycles. The monoisotopic (exact) mass is 940 g/mol. The lowest BCUT2D eigenvalue weighted by atomic mass is 9.93. The lowest BCUT2D eigenvalue weighted by Crippen LogP contribution is -2.20. The lowest BCUT2D eigenvalue weighted by molar-refractivity contribution is -0.384. The maximum Gasteiger partial charge on any atom is 0.277 e. The molecule has 4 aromatic heterocycles. The first-order chi connectivity index (χ1) is 34.9. The Kier molecular flexibility index (Phi) is 12.0. The van der Waals surface area contributed by atoms with Gasteiger partial charge in [0.15, 0.2) is 0 Å². The van der Waals surface area contributed by atoms with Gasteiger partial charge in [-0.15, -0.1) is 0 Å². The fourth-order valence-electron chi connectivity index (χ4n) is 9.52. The molecular formula is C60H41N6O4P. The number of fused-ring (bicyclic) bond motifs is 11. The Balaban J connectivity index is 0.000000118. The smallest absolute Gasteiger partial charge is 0.277 e. The number of nitrogens with one attached hydrogen (secondary N) is 2. The Bertz CT molecular complexity index is 3790. The highest BCUT2D eigenvalue weighted by atomic mass is 31.1. The van der Waals surface area contributed by atoms with Gasteiger partial charge in [-0.3, -0.25) is 30.2 Å². The maximum atomic E-state index is 11.5. The molecule has 0 fully saturated rings. The molecule has 0 aliphatic rings. The molecule has 0 spiro atoms. The van der Waals surface area contributed by atoms with Crippen molar-refractivity contribution in [1.82, 2.24) is 19.9 Å². The van der Waals surface area contributed by atoms with Gasteiger partial charge in [0.25, 0.3) is 11.4 Å². The van der Waals surface area contributed by atoms with Crippen LogP contribution in [0.1, 0.15) is 0 Å². The SMILES string of the molecule is O=[N+]([O-])c1ccccc1-c1ccc(-c2ccccc2[N+](=O)[O-])c2ncccc12.c1ccc(P(c2ccccc2)c2ccccc2)cc1.c1ccc2c(c1)[nH]c1c3[nH]c4ccccc4c3c3ncccc3c21. The van der Waals surface area contributed by atoms with E-state index in [4.69, 9.17) is 4.98 Å². The number of aromatic nitrogens is 4. The van der Waals surface area contributed by atoms with Crippen molar-refractivity contribution < 1.29 is 9.85 Å². The standard InChI is InChI=1S/C21H13N3O4.C21H13N3.C18H15P/c25-23(26)19-9-3-1-6-15(19)14-11-12-18(21-17(14)8-5-13-22-21)16-7-2-4-10-20(16)24(27)28;1-3-9-15-12(6-1)17-14-8-5-11-22-19(14)18-13-7-2-4-10-16(13)24-21(18)20(17)23-15;1-4-10-16(11-5-1)19(17-12-6-2-7-13-17)18-14-8-3-9-15-18/h1-13H;1-11,23-24H;1-15H. The average Bonchev–Trinajstić information content (AvgIpc) is 4.02. The van der Waals surface area contributed by atoms with E-state index in [0.717, 1.165) is 27.6 Å². The second-order valence-electron chi connectivity index (χ2n) is 16.7. The molecule has 0 atom stereocenters. The molecule has 340 valence electrons. The van der Waals surface area contributed by atoms with Crippen LogP contribution >= 0.6 is 7.92 Å². The number of hydrogen-bond acceptors (Lipinski definition) is 6. The predicted octanol–water partition coefficient (Wildman–Crippen LogP) is 14.3. The zero-order valence-electron chi connectivity index (χ0n) is 37.9. The number of hydrogen-bond donors (Lipinski definition) is 2. The van der Waals surface area contributed by atoms with Gasteiger partial charge >= 0.3 is 0 Å². The lowest BCUT2D eigenvalue weighted by Gasteiger charge is -2.18. The van der Waals surface area contributed by atoms with Crippen LogP contribution in [-0.4, -0.2) is 29.8 Å². The molecule has 0 bridgehead atoms. The third-order valence-electron chi connectivity index (χ3n) is 12.6. The highest BCUT2D eigenvalue weighted by molar-refractivity contribution is 7.79. The van der Waals surface area contributed by atoms with Gasteiger partial charge in [0.05, 0.1) is 43.0 Å². The molecule has 11 heteroatoms. The van der Waals surface area contributed by atoms with Crippen LogP contribution in [0.3, 0.4) is 0 Å². The van der Waals surface area contributed by atoms with Gasteiger partial charge in [0.1, 0.15) is 0 Å². The van der Waals surface area contributed by atoms with E-state index in [2.05, 4.69) is 161 Å². The van der Waals surface area contributed by atoms with Crippen LogP contribution in [0.5, 0.6) is 0 Å². The van der Waals surface area contributed by atoms with Gasteiger partial charge in [0, 0.05) is 73.4 Å². The van der Waals surface area contributed by atoms with Crippen molar-refractivity contribution in [3.63, 3.8) is 0 Å². The first-order valence-electron chi connectivity index (χ1n) is 22.9. The fourth-order valence-corrected chi connectivity index (χ4v) is 11.8. The third-order valence-corrected chi connectivity index (χ3v) is 15.0. The van der Waals surface area contributed by atoms with Crippen LogP contribution < -0.4 is 15.9 Å². The number of nitro groups is 2. The van der Waals surface area contributed by atoms with Gasteiger partial charge in [-0.05, 0) is 65.8 Å². The molecule has 4 heterocycles. The topological polar surface area (TPSA) is 144 Å². The van der Waals surface area contributed by atoms with Crippen LogP contribution in [0.15, 0.2) is 237 Å². The van der Waals surface area contributed by atoms with E-state index in [1.54, 1.807) is 60.8 Å². The Morgan fingerprint density at radius 1 is 0.352 bits per heavy atom. The molecule has 0 radical (unpaired) electrons. The first-order valence-corrected chi connectivity index (χ1v) is 24.3. The summed E-state index contributed by atoms with van der Waals surface area (Å²) < 4.78 is 0. The summed E-state index contributed by atoms with van der Waals surface area (Å²) >= 11 is 0. The molecule has 0 aliphatic heterocycles. The van der Waals surface area contributed by atoms with E-state index < -0.39 is 17.8 Å². The Morgan fingerprint density at radius 3 is 1.28 bits per heavy atom. The van der Waals surface area contributed by atoms with Gasteiger partial charge in [0.2, 0.25) is 0 Å². The second kappa shape index (κ2) is 19.3. The predicted molar refractivity (Wildman–Crippen MR) is 292 cm³/mol. The largest absolute Gasteiger partial charge is 0.353 e. The number of aromatic amines is 2. The fraction of sp³-hybridized carbons (Fsp3) is 0. The summed E-state index contributed by atoms with van der Waals surface area (Å²) in [5.41, 5.74) is 8.34. The minimum atomic E-state index is -0.446. The number of pyridine rings is 2. The van der Waals surface area contributed by atoms with E-state index in [9.17, 15) is 20.2 Å². The van der Waals surface area contributed by atoms with Crippen molar-refractivity contribution in [2.24, 2.45) is 0 Å². The minimum Gasteiger partial charge on any atom is -0.353 e. The van der Waals surface area contributed by atoms with E-state index in [1.165, 1.54) is 55.0 Å². The van der Waals surface area contributed by atoms with Gasteiger partial charge < -0.3 is 9.97 Å². The van der Waals surface area contributed by atoms with Crippen molar-refractivity contribution >= 4 is 101 Å². The van der Waals surface area contributed by atoms with Crippen LogP contribution in [0, 0.1) is 20.2 Å². The summed E-state index contributed by atoms with van der Waals surface area (Å²) in [7, 11) is -0.446. The van der Waals surface area contributed by atoms with E-state index in [-0.39, 0.29) is 11.4 Å². The number of benzene rings is 9. The number of para-hydroxylation sites is 4. The summed E-state index contributed by atoms with van der Waals surface area (Å²) in [5, 5.41) is 33.9. The molecule has 0 unspecified atom stereocenters. The van der Waals surface area contributed by atoms with Crippen molar-refractivity contribution in [2.45, 2.75) is 0 Å². The first kappa shape index (κ1) is 44.2. The molecular weight excluding hydrogens is 900 g/mol. The number of H-pyrrole nitrogens is 2. The minimum absolute atomic E-state index is 0.00825. The van der Waals surface area contributed by atoms with Crippen LogP contribution in [0.25, 0.3) is 87.7 Å². The van der Waals surface area contributed by atoms with Crippen LogP contribution in [0.4, 0.5) is 11.4 Å². The summed E-state index contributed by atoms with van der Waals surface area (Å²) in [4.78, 5) is 38.4. The zero-order chi connectivity index (χ0) is 48.3. The Hall–Kier alpha value is -9.37. The highest BCUT2D eigenvalue weighted by Crippen LogP contribution is 2.42. The van der Waals surface area contributed by atoms with Crippen molar-refractivity contribution in [1.29, 1.82) is 0 Å². The number of rotatable bonds is 7. The van der Waals surface area contributed by atoms with Crippen molar-refractivity contribution in [3.05, 3.63) is 257 Å². The quantitative estimate of drug-likeness (QED) is 0.0925. The molecule has 9 aromatic carbocycles. The molecule has 71 heavy (non-hydrogen) atoms. The van der Waals surface area contributed by atoms with E-state index in [0.29, 0.717) is 33.2 Å². The van der Waals surface area contributed by atoms with E-state index >= 15 is 0 Å².